The largest absolute Gasteiger partial charge is 0.361 e. The van der Waals surface area contributed by atoms with Crippen LogP contribution in [0.2, 0.25) is 0 Å². The monoisotopic (exact) mass is 625 g/mol. The summed E-state index contributed by atoms with van der Waals surface area (Å²) in [4.78, 5) is 13.7. The number of fused-ring (bicyclic) bond motifs is 3. The topological polar surface area (TPSA) is 41.6 Å². The van der Waals surface area contributed by atoms with Crippen molar-refractivity contribution in [2.75, 3.05) is 0 Å². The predicted molar refractivity (Wildman–Crippen MR) is 204 cm³/mol. The normalized spacial score (nSPS) is 11.3. The maximum absolute atomic E-state index is 5.24. The van der Waals surface area contributed by atoms with E-state index >= 15 is 0 Å². The van der Waals surface area contributed by atoms with Gasteiger partial charge in [-0.15, -0.1) is 0 Å². The first-order valence-electron chi connectivity index (χ1n) is 16.6. The smallest absolute Gasteiger partial charge is 0.160 e. The summed E-state index contributed by atoms with van der Waals surface area (Å²) < 4.78 is 0. The molecule has 3 nitrogen and oxygen atoms in total. The maximum atomic E-state index is 5.24. The highest BCUT2D eigenvalue weighted by Crippen LogP contribution is 2.37. The van der Waals surface area contributed by atoms with E-state index in [1.54, 1.807) is 0 Å². The molecule has 7 aromatic carbocycles. The third-order valence-corrected chi connectivity index (χ3v) is 9.33. The minimum Gasteiger partial charge on any atom is -0.361 e. The lowest BCUT2D eigenvalue weighted by Gasteiger charge is -2.14. The third-order valence-electron chi connectivity index (χ3n) is 9.33. The summed E-state index contributed by atoms with van der Waals surface area (Å²) in [6.07, 6.45) is 1.95. The van der Waals surface area contributed by atoms with E-state index in [1.165, 1.54) is 38.2 Å². The molecule has 0 spiro atoms. The molecule has 3 heteroatoms. The molecule has 49 heavy (non-hydrogen) atoms. The van der Waals surface area contributed by atoms with Gasteiger partial charge in [-0.05, 0) is 73.6 Å². The quantitative estimate of drug-likeness (QED) is 0.187. The van der Waals surface area contributed by atoms with Crippen molar-refractivity contribution in [1.29, 1.82) is 0 Å². The molecule has 0 saturated carbocycles. The SMILES string of the molecule is c1ccc(-c2ccc(-c3nc(-c4ccc(-c5ccc(-c6ccc[nH]6)cc5)cc4)cc(-c4cc5ccccc5c5ccccc45)n3)cc2)cc1. The van der Waals surface area contributed by atoms with Crippen LogP contribution in [0.25, 0.3) is 89.0 Å². The Morgan fingerprint density at radius 3 is 1.55 bits per heavy atom. The van der Waals surface area contributed by atoms with Crippen LogP contribution in [0.3, 0.4) is 0 Å². The van der Waals surface area contributed by atoms with Crippen molar-refractivity contribution in [3.8, 4) is 67.4 Å². The lowest BCUT2D eigenvalue weighted by atomic mass is 9.94. The molecule has 0 saturated heterocycles. The highest BCUT2D eigenvalue weighted by Gasteiger charge is 2.15. The van der Waals surface area contributed by atoms with Crippen molar-refractivity contribution in [1.82, 2.24) is 15.0 Å². The highest BCUT2D eigenvalue weighted by molar-refractivity contribution is 6.13. The van der Waals surface area contributed by atoms with E-state index in [2.05, 4.69) is 169 Å². The van der Waals surface area contributed by atoms with E-state index in [4.69, 9.17) is 9.97 Å². The van der Waals surface area contributed by atoms with E-state index in [-0.39, 0.29) is 0 Å². The maximum Gasteiger partial charge on any atom is 0.160 e. The summed E-state index contributed by atoms with van der Waals surface area (Å²) >= 11 is 0. The van der Waals surface area contributed by atoms with E-state index < -0.39 is 0 Å². The molecular weight excluding hydrogens is 595 g/mol. The number of nitrogens with one attached hydrogen (secondary N) is 1. The minimum atomic E-state index is 0.702. The zero-order valence-corrected chi connectivity index (χ0v) is 26.7. The van der Waals surface area contributed by atoms with Crippen LogP contribution in [-0.2, 0) is 0 Å². The summed E-state index contributed by atoms with van der Waals surface area (Å²) in [7, 11) is 0. The first kappa shape index (κ1) is 28.6. The average molecular weight is 626 g/mol. The van der Waals surface area contributed by atoms with Crippen molar-refractivity contribution >= 4 is 21.5 Å². The molecule has 0 radical (unpaired) electrons. The third kappa shape index (κ3) is 5.48. The van der Waals surface area contributed by atoms with E-state index in [9.17, 15) is 0 Å². The van der Waals surface area contributed by atoms with Crippen molar-refractivity contribution < 1.29 is 0 Å². The van der Waals surface area contributed by atoms with Gasteiger partial charge < -0.3 is 4.98 Å². The van der Waals surface area contributed by atoms with Gasteiger partial charge in [0.25, 0.3) is 0 Å². The minimum absolute atomic E-state index is 0.702. The molecule has 0 fully saturated rings. The van der Waals surface area contributed by atoms with Crippen molar-refractivity contribution in [2.24, 2.45) is 0 Å². The second-order valence-electron chi connectivity index (χ2n) is 12.3. The van der Waals surface area contributed by atoms with Gasteiger partial charge in [0.1, 0.15) is 0 Å². The van der Waals surface area contributed by atoms with Crippen LogP contribution in [0.4, 0.5) is 0 Å². The molecule has 9 aromatic rings. The molecule has 0 amide bonds. The van der Waals surface area contributed by atoms with Gasteiger partial charge in [-0.2, -0.15) is 0 Å². The zero-order valence-electron chi connectivity index (χ0n) is 26.7. The Bertz CT molecular complexity index is 2550. The molecule has 2 aromatic heterocycles. The van der Waals surface area contributed by atoms with E-state index in [1.807, 2.05) is 18.3 Å². The van der Waals surface area contributed by atoms with Crippen LogP contribution in [-0.4, -0.2) is 15.0 Å². The fourth-order valence-corrected chi connectivity index (χ4v) is 6.76. The number of benzene rings is 7. The number of aromatic nitrogens is 3. The summed E-state index contributed by atoms with van der Waals surface area (Å²) in [5, 5.41) is 4.83. The number of H-pyrrole nitrogens is 1. The second-order valence-corrected chi connectivity index (χ2v) is 12.3. The number of nitrogens with zero attached hydrogens (tertiary/aromatic N) is 2. The molecule has 0 atom stereocenters. The summed E-state index contributed by atoms with van der Waals surface area (Å²) in [5.41, 5.74) is 11.9. The summed E-state index contributed by atoms with van der Waals surface area (Å²) in [5.74, 6) is 0.702. The van der Waals surface area contributed by atoms with Crippen molar-refractivity contribution in [2.45, 2.75) is 0 Å². The van der Waals surface area contributed by atoms with Crippen molar-refractivity contribution in [3.05, 3.63) is 182 Å². The first-order valence-corrected chi connectivity index (χ1v) is 16.6. The van der Waals surface area contributed by atoms with Crippen LogP contribution in [0.5, 0.6) is 0 Å². The molecule has 0 aliphatic rings. The molecule has 0 unspecified atom stereocenters. The number of hydrogen-bond donors (Lipinski definition) is 1. The fraction of sp³-hybridized carbons (Fsp3) is 0. The molecule has 230 valence electrons. The summed E-state index contributed by atoms with van der Waals surface area (Å²) in [6, 6.07) is 62.1. The van der Waals surface area contributed by atoms with Gasteiger partial charge in [0, 0.05) is 28.6 Å². The molecule has 0 bridgehead atoms. The van der Waals surface area contributed by atoms with Gasteiger partial charge in [0.15, 0.2) is 5.82 Å². The first-order chi connectivity index (χ1) is 24.3. The molecule has 0 aliphatic heterocycles. The Morgan fingerprint density at radius 2 is 0.878 bits per heavy atom. The van der Waals surface area contributed by atoms with Crippen LogP contribution >= 0.6 is 0 Å². The van der Waals surface area contributed by atoms with Crippen LogP contribution < -0.4 is 0 Å². The van der Waals surface area contributed by atoms with Crippen LogP contribution in [0.15, 0.2) is 182 Å². The Labute approximate surface area is 285 Å². The summed E-state index contributed by atoms with van der Waals surface area (Å²) in [6.45, 7) is 0. The van der Waals surface area contributed by atoms with Gasteiger partial charge in [0.2, 0.25) is 0 Å². The van der Waals surface area contributed by atoms with Crippen LogP contribution in [0, 0.1) is 0 Å². The predicted octanol–water partition coefficient (Wildman–Crippen LogP) is 12.1. The Kier molecular flexibility index (Phi) is 7.14. The van der Waals surface area contributed by atoms with Gasteiger partial charge in [0.05, 0.1) is 11.4 Å². The molecule has 0 aliphatic carbocycles. The Morgan fingerprint density at radius 1 is 0.347 bits per heavy atom. The van der Waals surface area contributed by atoms with Gasteiger partial charge in [-0.3, -0.25) is 0 Å². The number of hydrogen-bond acceptors (Lipinski definition) is 2. The van der Waals surface area contributed by atoms with Gasteiger partial charge in [-0.1, -0.05) is 152 Å². The second kappa shape index (κ2) is 12.2. The van der Waals surface area contributed by atoms with E-state index in [0.717, 1.165) is 44.9 Å². The molecule has 1 N–H and O–H groups in total. The Balaban J connectivity index is 1.16. The molecule has 9 rings (SSSR count). The lowest BCUT2D eigenvalue weighted by Crippen LogP contribution is -1.97. The Hall–Kier alpha value is -6.58. The fourth-order valence-electron chi connectivity index (χ4n) is 6.76. The van der Waals surface area contributed by atoms with Crippen molar-refractivity contribution in [3.63, 3.8) is 0 Å². The van der Waals surface area contributed by atoms with Gasteiger partial charge in [-0.25, -0.2) is 9.97 Å². The van der Waals surface area contributed by atoms with Gasteiger partial charge >= 0.3 is 0 Å². The standard InChI is InChI=1S/C46H31N3/c1-2-9-31(10-3-1)32-20-26-37(27-21-32)46-48-44(36-24-18-34(19-25-36)33-16-22-35(23-17-33)43-15-8-28-47-43)30-45(49-46)42-29-38-11-4-5-12-39(38)40-13-6-7-14-41(40)42/h1-30,47H. The number of aromatic amines is 1. The zero-order chi connectivity index (χ0) is 32.6. The average Bonchev–Trinajstić information content (AvgIpc) is 3.74. The highest BCUT2D eigenvalue weighted by atomic mass is 14.9. The number of rotatable bonds is 6. The lowest BCUT2D eigenvalue weighted by molar-refractivity contribution is 1.19. The van der Waals surface area contributed by atoms with Crippen LogP contribution in [0.1, 0.15) is 0 Å². The molecular formula is C46H31N3. The molecule has 2 heterocycles. The van der Waals surface area contributed by atoms with E-state index in [0.29, 0.717) is 5.82 Å².